The van der Waals surface area contributed by atoms with Gasteiger partial charge in [0.2, 0.25) is 5.16 Å². The van der Waals surface area contributed by atoms with Gasteiger partial charge in [0.15, 0.2) is 5.65 Å². The average Bonchev–Trinajstić information content (AvgIpc) is 2.70. The maximum absolute atomic E-state index is 12.5. The van der Waals surface area contributed by atoms with E-state index >= 15 is 0 Å². The largest absolute Gasteiger partial charge is 0.273 e. The molecule has 0 unspecified atom stereocenters. The molecule has 5 nitrogen and oxygen atoms in total. The van der Waals surface area contributed by atoms with Crippen molar-refractivity contribution in [2.24, 2.45) is 0 Å². The van der Waals surface area contributed by atoms with Crippen molar-refractivity contribution in [1.82, 2.24) is 19.4 Å². The fourth-order valence-corrected chi connectivity index (χ4v) is 3.28. The summed E-state index contributed by atoms with van der Waals surface area (Å²) < 4.78 is 3.62. The van der Waals surface area contributed by atoms with Crippen molar-refractivity contribution >= 4 is 28.2 Å². The number of aromatic nitrogens is 4. The van der Waals surface area contributed by atoms with Crippen LogP contribution in [0.25, 0.3) is 16.4 Å². The van der Waals surface area contributed by atoms with E-state index in [9.17, 15) is 4.79 Å². The molecular formula is C12H10N4OS. The van der Waals surface area contributed by atoms with Gasteiger partial charge >= 0.3 is 0 Å². The minimum Gasteiger partial charge on any atom is -0.267 e. The predicted octanol–water partition coefficient (Wildman–Crippen LogP) is 1.54. The molecule has 0 saturated carbocycles. The van der Waals surface area contributed by atoms with E-state index in [-0.39, 0.29) is 5.56 Å². The van der Waals surface area contributed by atoms with Gasteiger partial charge in [-0.25, -0.2) is 9.20 Å². The molecule has 1 aliphatic heterocycles. The molecule has 6 heteroatoms. The third kappa shape index (κ3) is 1.21. The van der Waals surface area contributed by atoms with Crippen LogP contribution >= 0.6 is 11.8 Å². The molecule has 0 amide bonds. The molecule has 18 heavy (non-hydrogen) atoms. The standard InChI is InChI=1S/C12H10N4OS/c17-11-9-5-2-1-4-8(9)10-13-14-12-16(10)15(11)6-3-7-18-12/h1-2,4-5H,3,6-7H2. The Morgan fingerprint density at radius 3 is 2.89 bits per heavy atom. The van der Waals surface area contributed by atoms with Gasteiger partial charge in [0, 0.05) is 17.7 Å². The number of hydrogen-bond acceptors (Lipinski definition) is 4. The van der Waals surface area contributed by atoms with E-state index in [1.807, 2.05) is 28.8 Å². The lowest BCUT2D eigenvalue weighted by Crippen LogP contribution is -2.26. The molecule has 0 aliphatic carbocycles. The van der Waals surface area contributed by atoms with Crippen molar-refractivity contribution in [3.63, 3.8) is 0 Å². The van der Waals surface area contributed by atoms with Gasteiger partial charge in [-0.3, -0.25) is 4.79 Å². The molecule has 0 radical (unpaired) electrons. The summed E-state index contributed by atoms with van der Waals surface area (Å²) in [4.78, 5) is 12.5. The number of rotatable bonds is 0. The summed E-state index contributed by atoms with van der Waals surface area (Å²) in [6, 6.07) is 7.59. The zero-order valence-electron chi connectivity index (χ0n) is 9.54. The zero-order valence-corrected chi connectivity index (χ0v) is 10.4. The molecule has 0 spiro atoms. The Balaban J connectivity index is 2.32. The second kappa shape index (κ2) is 3.58. The second-order valence-corrected chi connectivity index (χ2v) is 5.36. The third-order valence-electron chi connectivity index (χ3n) is 3.23. The summed E-state index contributed by atoms with van der Waals surface area (Å²) in [5, 5.41) is 10.8. The minimum absolute atomic E-state index is 0.0432. The molecule has 0 saturated heterocycles. The molecule has 4 rings (SSSR count). The number of thioether (sulfide) groups is 1. The molecular weight excluding hydrogens is 248 g/mol. The van der Waals surface area contributed by atoms with Crippen LogP contribution in [0.5, 0.6) is 0 Å². The summed E-state index contributed by atoms with van der Waals surface area (Å²) in [5.41, 5.74) is 0.816. The van der Waals surface area contributed by atoms with Crippen molar-refractivity contribution in [2.45, 2.75) is 18.1 Å². The van der Waals surface area contributed by atoms with Crippen LogP contribution in [0, 0.1) is 0 Å². The van der Waals surface area contributed by atoms with Crippen LogP contribution in [-0.4, -0.2) is 25.1 Å². The van der Waals surface area contributed by atoms with Crippen LogP contribution in [-0.2, 0) is 6.54 Å². The number of nitrogens with zero attached hydrogens (tertiary/aromatic N) is 4. The maximum atomic E-state index is 12.5. The molecule has 2 aromatic heterocycles. The Bertz CT molecular complexity index is 820. The topological polar surface area (TPSA) is 52.2 Å². The first-order chi connectivity index (χ1) is 8.86. The van der Waals surface area contributed by atoms with E-state index in [0.29, 0.717) is 0 Å². The highest BCUT2D eigenvalue weighted by molar-refractivity contribution is 7.99. The lowest BCUT2D eigenvalue weighted by atomic mass is 10.2. The summed E-state index contributed by atoms with van der Waals surface area (Å²) in [6.07, 6.45) is 0.974. The van der Waals surface area contributed by atoms with Crippen molar-refractivity contribution in [1.29, 1.82) is 0 Å². The predicted molar refractivity (Wildman–Crippen MR) is 70.1 cm³/mol. The van der Waals surface area contributed by atoms with Crippen LogP contribution in [0.3, 0.4) is 0 Å². The summed E-state index contributed by atoms with van der Waals surface area (Å²) in [5.74, 6) is 0.970. The van der Waals surface area contributed by atoms with E-state index in [1.165, 1.54) is 0 Å². The molecule has 0 fully saturated rings. The Kier molecular flexibility index (Phi) is 2.02. The third-order valence-corrected chi connectivity index (χ3v) is 4.24. The fraction of sp³-hybridized carbons (Fsp3) is 0.250. The van der Waals surface area contributed by atoms with E-state index in [0.717, 1.165) is 40.3 Å². The van der Waals surface area contributed by atoms with E-state index in [2.05, 4.69) is 10.2 Å². The first kappa shape index (κ1) is 10.1. The van der Waals surface area contributed by atoms with Gasteiger partial charge in [-0.05, 0) is 12.5 Å². The fourth-order valence-electron chi connectivity index (χ4n) is 2.41. The van der Waals surface area contributed by atoms with Gasteiger partial charge in [-0.15, -0.1) is 10.2 Å². The highest BCUT2D eigenvalue weighted by atomic mass is 32.2. The lowest BCUT2D eigenvalue weighted by molar-refractivity contribution is 0.528. The Morgan fingerprint density at radius 2 is 2.00 bits per heavy atom. The SMILES string of the molecule is O=c1c2ccccc2c2nnc3n2n1CCCS3. The van der Waals surface area contributed by atoms with Crippen molar-refractivity contribution in [2.75, 3.05) is 5.75 Å². The number of fused-ring (bicyclic) bond motifs is 2. The van der Waals surface area contributed by atoms with Gasteiger partial charge in [-0.2, -0.15) is 0 Å². The van der Waals surface area contributed by atoms with Crippen molar-refractivity contribution in [3.8, 4) is 0 Å². The molecule has 0 bridgehead atoms. The highest BCUT2D eigenvalue weighted by Crippen LogP contribution is 2.24. The Labute approximate surface area is 106 Å². The molecule has 3 aromatic rings. The second-order valence-electron chi connectivity index (χ2n) is 4.29. The van der Waals surface area contributed by atoms with E-state index in [4.69, 9.17) is 0 Å². The zero-order chi connectivity index (χ0) is 12.1. The number of hydrogen-bond donors (Lipinski definition) is 0. The quantitative estimate of drug-likeness (QED) is 0.614. The first-order valence-corrected chi connectivity index (χ1v) is 6.84. The lowest BCUT2D eigenvalue weighted by Gasteiger charge is -2.09. The van der Waals surface area contributed by atoms with Crippen LogP contribution in [0.15, 0.2) is 34.2 Å². The van der Waals surface area contributed by atoms with Gasteiger partial charge in [-0.1, -0.05) is 30.0 Å². The Morgan fingerprint density at radius 1 is 1.17 bits per heavy atom. The Hall–Kier alpha value is -1.82. The number of aryl methyl sites for hydroxylation is 1. The monoisotopic (exact) mass is 258 g/mol. The van der Waals surface area contributed by atoms with Gasteiger partial charge < -0.3 is 0 Å². The molecule has 1 aliphatic rings. The van der Waals surface area contributed by atoms with Crippen LogP contribution in [0.1, 0.15) is 6.42 Å². The maximum Gasteiger partial charge on any atom is 0.273 e. The van der Waals surface area contributed by atoms with Gasteiger partial charge in [0.1, 0.15) is 0 Å². The van der Waals surface area contributed by atoms with Gasteiger partial charge in [0.05, 0.1) is 5.39 Å². The van der Waals surface area contributed by atoms with Crippen LogP contribution < -0.4 is 5.56 Å². The van der Waals surface area contributed by atoms with Gasteiger partial charge in [0.25, 0.3) is 5.56 Å². The smallest absolute Gasteiger partial charge is 0.267 e. The van der Waals surface area contributed by atoms with Crippen LogP contribution in [0.4, 0.5) is 0 Å². The minimum atomic E-state index is 0.0432. The summed E-state index contributed by atoms with van der Waals surface area (Å²) >= 11 is 1.66. The van der Waals surface area contributed by atoms with Crippen molar-refractivity contribution < 1.29 is 0 Å². The van der Waals surface area contributed by atoms with E-state index < -0.39 is 0 Å². The molecule has 3 heterocycles. The average molecular weight is 258 g/mol. The first-order valence-electron chi connectivity index (χ1n) is 5.86. The molecule has 1 aromatic carbocycles. The van der Waals surface area contributed by atoms with Crippen molar-refractivity contribution in [3.05, 3.63) is 34.6 Å². The molecule has 0 N–H and O–H groups in total. The summed E-state index contributed by atoms with van der Waals surface area (Å²) in [6.45, 7) is 0.720. The van der Waals surface area contributed by atoms with Crippen LogP contribution in [0.2, 0.25) is 0 Å². The normalized spacial score (nSPS) is 15.1. The number of benzene rings is 1. The molecule has 0 atom stereocenters. The summed E-state index contributed by atoms with van der Waals surface area (Å²) in [7, 11) is 0. The highest BCUT2D eigenvalue weighted by Gasteiger charge is 2.18. The van der Waals surface area contributed by atoms with E-state index in [1.54, 1.807) is 16.4 Å². The molecule has 90 valence electrons.